The van der Waals surface area contributed by atoms with Crippen molar-refractivity contribution in [2.24, 2.45) is 0 Å². The number of nitrogens with zero attached hydrogens (tertiary/aromatic N) is 2. The largest absolute Gasteiger partial charge is 0.310 e. The second-order valence-corrected chi connectivity index (χ2v) is 15.2. The summed E-state index contributed by atoms with van der Waals surface area (Å²) < 4.78 is 5.09. The number of fused-ring (bicyclic) bond motifs is 8. The summed E-state index contributed by atoms with van der Waals surface area (Å²) in [7, 11) is 0. The second-order valence-electron chi connectivity index (χ2n) is 14.1. The van der Waals surface area contributed by atoms with Crippen LogP contribution in [0.15, 0.2) is 206 Å². The third-order valence-electron chi connectivity index (χ3n) is 10.9. The van der Waals surface area contributed by atoms with Crippen LogP contribution in [0.2, 0.25) is 0 Å². The van der Waals surface area contributed by atoms with Crippen molar-refractivity contribution in [2.45, 2.75) is 0 Å². The van der Waals surface area contributed by atoms with Crippen molar-refractivity contribution in [3.05, 3.63) is 206 Å². The van der Waals surface area contributed by atoms with E-state index in [-0.39, 0.29) is 0 Å². The van der Waals surface area contributed by atoms with Gasteiger partial charge in [-0.25, -0.2) is 0 Å². The van der Waals surface area contributed by atoms with Crippen molar-refractivity contribution in [2.75, 3.05) is 4.90 Å². The maximum atomic E-state index is 2.48. The number of hydrogen-bond donors (Lipinski definition) is 0. The van der Waals surface area contributed by atoms with Gasteiger partial charge in [0.25, 0.3) is 0 Å². The maximum absolute atomic E-state index is 2.48. The van der Waals surface area contributed by atoms with Crippen LogP contribution in [0, 0.1) is 0 Å². The molecule has 0 aliphatic heterocycles. The standard InChI is InChI=1S/C52H34N2S/c1-4-14-35(15-5-1)36-24-26-37(27-25-36)38-28-30-45-47(32-38)54(41-19-8-3-9-20-41)52-43-21-11-10-16-39(43)33-48(51(45)52)53(40-17-6-2-7-18-40)42-29-31-50-46(34-42)44-22-12-13-23-49(44)55-50/h1-34H. The van der Waals surface area contributed by atoms with Crippen LogP contribution >= 0.6 is 11.3 Å². The highest BCUT2D eigenvalue weighted by Crippen LogP contribution is 2.48. The highest BCUT2D eigenvalue weighted by atomic mass is 32.1. The molecule has 2 nitrogen and oxygen atoms in total. The first-order valence-electron chi connectivity index (χ1n) is 18.8. The summed E-state index contributed by atoms with van der Waals surface area (Å²) in [5.74, 6) is 0. The number of anilines is 3. The average molecular weight is 719 g/mol. The molecule has 0 fully saturated rings. The number of aromatic nitrogens is 1. The van der Waals surface area contributed by atoms with Gasteiger partial charge in [-0.2, -0.15) is 0 Å². The Balaban J connectivity index is 1.21. The van der Waals surface area contributed by atoms with Gasteiger partial charge in [-0.3, -0.25) is 0 Å². The first kappa shape index (κ1) is 31.6. The summed E-state index contributed by atoms with van der Waals surface area (Å²) in [6, 6.07) is 75.2. The zero-order chi connectivity index (χ0) is 36.3. The van der Waals surface area contributed by atoms with Crippen LogP contribution in [0.5, 0.6) is 0 Å². The highest BCUT2D eigenvalue weighted by Gasteiger charge is 2.24. The van der Waals surface area contributed by atoms with E-state index in [4.69, 9.17) is 0 Å². The Morgan fingerprint density at radius 2 is 0.982 bits per heavy atom. The molecule has 9 aromatic carbocycles. The lowest BCUT2D eigenvalue weighted by Gasteiger charge is -2.27. The smallest absolute Gasteiger partial charge is 0.0640 e. The van der Waals surface area contributed by atoms with E-state index >= 15 is 0 Å². The zero-order valence-corrected chi connectivity index (χ0v) is 30.7. The maximum Gasteiger partial charge on any atom is 0.0640 e. The van der Waals surface area contributed by atoms with Gasteiger partial charge in [-0.05, 0) is 88.3 Å². The Morgan fingerprint density at radius 1 is 0.382 bits per heavy atom. The minimum Gasteiger partial charge on any atom is -0.310 e. The van der Waals surface area contributed by atoms with Gasteiger partial charge in [0, 0.05) is 53.4 Å². The van der Waals surface area contributed by atoms with E-state index < -0.39 is 0 Å². The summed E-state index contributed by atoms with van der Waals surface area (Å²) in [6.45, 7) is 0. The van der Waals surface area contributed by atoms with Crippen LogP contribution in [0.3, 0.4) is 0 Å². The number of para-hydroxylation sites is 2. The highest BCUT2D eigenvalue weighted by molar-refractivity contribution is 7.25. The van der Waals surface area contributed by atoms with Gasteiger partial charge in [0.1, 0.15) is 0 Å². The molecule has 2 aromatic heterocycles. The SMILES string of the molecule is c1ccc(-c2ccc(-c3ccc4c5c(N(c6ccccc6)c6ccc7sc8ccccc8c7c6)cc6ccccc6c5n(-c5ccccc5)c4c3)cc2)cc1. The number of rotatable bonds is 6. The molecule has 0 N–H and O–H groups in total. The summed E-state index contributed by atoms with van der Waals surface area (Å²) in [4.78, 5) is 2.46. The monoisotopic (exact) mass is 718 g/mol. The molecule has 0 saturated heterocycles. The third kappa shape index (κ3) is 5.24. The first-order chi connectivity index (χ1) is 27.3. The van der Waals surface area contributed by atoms with E-state index in [0.29, 0.717) is 0 Å². The van der Waals surface area contributed by atoms with E-state index in [9.17, 15) is 0 Å². The van der Waals surface area contributed by atoms with Crippen molar-refractivity contribution in [1.29, 1.82) is 0 Å². The van der Waals surface area contributed by atoms with Gasteiger partial charge in [-0.15, -0.1) is 11.3 Å². The Hall–Kier alpha value is -6.94. The third-order valence-corrected chi connectivity index (χ3v) is 12.1. The van der Waals surface area contributed by atoms with Gasteiger partial charge in [0.05, 0.1) is 16.7 Å². The molecule has 0 spiro atoms. The van der Waals surface area contributed by atoms with Gasteiger partial charge in [0.15, 0.2) is 0 Å². The average Bonchev–Trinajstić information content (AvgIpc) is 3.81. The van der Waals surface area contributed by atoms with Crippen LogP contribution in [-0.4, -0.2) is 4.57 Å². The van der Waals surface area contributed by atoms with Crippen LogP contribution in [0.25, 0.3) is 80.7 Å². The lowest BCUT2D eigenvalue weighted by molar-refractivity contribution is 1.19. The van der Waals surface area contributed by atoms with Crippen LogP contribution in [-0.2, 0) is 0 Å². The predicted octanol–water partition coefficient (Wildman–Crippen LogP) is 15.1. The lowest BCUT2D eigenvalue weighted by atomic mass is 9.98. The minimum atomic E-state index is 1.12. The normalized spacial score (nSPS) is 11.6. The molecule has 0 aliphatic rings. The molecule has 0 amide bonds. The number of benzene rings is 9. The topological polar surface area (TPSA) is 8.17 Å². The Morgan fingerprint density at radius 3 is 1.76 bits per heavy atom. The molecule has 0 atom stereocenters. The fourth-order valence-electron chi connectivity index (χ4n) is 8.40. The zero-order valence-electron chi connectivity index (χ0n) is 29.9. The molecule has 0 radical (unpaired) electrons. The van der Waals surface area contributed by atoms with Crippen molar-refractivity contribution < 1.29 is 0 Å². The fourth-order valence-corrected chi connectivity index (χ4v) is 9.49. The van der Waals surface area contributed by atoms with Crippen LogP contribution < -0.4 is 4.90 Å². The van der Waals surface area contributed by atoms with E-state index in [1.54, 1.807) is 0 Å². The molecule has 11 aromatic rings. The van der Waals surface area contributed by atoms with Gasteiger partial charge in [0.2, 0.25) is 0 Å². The summed E-state index contributed by atoms with van der Waals surface area (Å²) >= 11 is 1.86. The van der Waals surface area contributed by atoms with Crippen molar-refractivity contribution in [3.63, 3.8) is 0 Å². The van der Waals surface area contributed by atoms with E-state index in [1.165, 1.54) is 75.0 Å². The predicted molar refractivity (Wildman–Crippen MR) is 237 cm³/mol. The van der Waals surface area contributed by atoms with Crippen LogP contribution in [0.4, 0.5) is 17.1 Å². The minimum absolute atomic E-state index is 1.12. The molecule has 0 unspecified atom stereocenters. The molecule has 3 heteroatoms. The lowest BCUT2D eigenvalue weighted by Crippen LogP contribution is -2.10. The molecule has 0 aliphatic carbocycles. The first-order valence-corrected chi connectivity index (χ1v) is 19.6. The molecule has 11 rings (SSSR count). The van der Waals surface area contributed by atoms with Crippen molar-refractivity contribution in [3.8, 4) is 27.9 Å². The quantitative estimate of drug-likeness (QED) is 0.166. The van der Waals surface area contributed by atoms with E-state index in [0.717, 1.165) is 22.7 Å². The van der Waals surface area contributed by atoms with Crippen molar-refractivity contribution >= 4 is 81.1 Å². The Labute approximate surface area is 323 Å². The van der Waals surface area contributed by atoms with Gasteiger partial charge in [-0.1, -0.05) is 146 Å². The molecular formula is C52H34N2S. The molecule has 258 valence electrons. The molecule has 0 bridgehead atoms. The summed E-state index contributed by atoms with van der Waals surface area (Å²) in [6.07, 6.45) is 0. The summed E-state index contributed by atoms with van der Waals surface area (Å²) in [5.41, 5.74) is 11.7. The van der Waals surface area contributed by atoms with Crippen LogP contribution in [0.1, 0.15) is 0 Å². The molecule has 55 heavy (non-hydrogen) atoms. The van der Waals surface area contributed by atoms with Crippen molar-refractivity contribution in [1.82, 2.24) is 4.57 Å². The molecular weight excluding hydrogens is 685 g/mol. The summed E-state index contributed by atoms with van der Waals surface area (Å²) in [5, 5.41) is 7.44. The number of thiophene rings is 1. The second kappa shape index (κ2) is 12.9. The van der Waals surface area contributed by atoms with E-state index in [2.05, 4.69) is 216 Å². The fraction of sp³-hybridized carbons (Fsp3) is 0. The van der Waals surface area contributed by atoms with Gasteiger partial charge < -0.3 is 9.47 Å². The number of hydrogen-bond acceptors (Lipinski definition) is 2. The molecule has 0 saturated carbocycles. The van der Waals surface area contributed by atoms with E-state index in [1.807, 2.05) is 11.3 Å². The van der Waals surface area contributed by atoms with Gasteiger partial charge >= 0.3 is 0 Å². The Bertz CT molecular complexity index is 3180. The Kier molecular flexibility index (Phi) is 7.39. The molecule has 2 heterocycles.